The third-order valence-corrected chi connectivity index (χ3v) is 11.0. The Kier molecular flexibility index (Phi) is 16.7. The third kappa shape index (κ3) is 13.8. The van der Waals surface area contributed by atoms with Crippen molar-refractivity contribution >= 4 is 32.6 Å². The molecule has 3 unspecified atom stereocenters. The van der Waals surface area contributed by atoms with Gasteiger partial charge in [0.1, 0.15) is 12.7 Å². The van der Waals surface area contributed by atoms with Gasteiger partial charge in [-0.05, 0) is 88.9 Å². The molecule has 10 heteroatoms. The van der Waals surface area contributed by atoms with E-state index in [1.54, 1.807) is 17.0 Å². The van der Waals surface area contributed by atoms with Gasteiger partial charge in [0.15, 0.2) is 6.23 Å². The predicted molar refractivity (Wildman–Crippen MR) is 241 cm³/mol. The van der Waals surface area contributed by atoms with Gasteiger partial charge in [-0.1, -0.05) is 153 Å². The molecule has 0 fully saturated rings. The second kappa shape index (κ2) is 22.7. The number of ether oxygens (including phenoxy) is 3. The quantitative estimate of drug-likeness (QED) is 0.0489. The molecule has 314 valence electrons. The van der Waals surface area contributed by atoms with Crippen molar-refractivity contribution in [3.05, 3.63) is 186 Å². The summed E-state index contributed by atoms with van der Waals surface area (Å²) in [6.07, 6.45) is 2.05. The van der Waals surface area contributed by atoms with Crippen LogP contribution >= 0.6 is 0 Å². The van der Waals surface area contributed by atoms with E-state index < -0.39 is 28.4 Å². The van der Waals surface area contributed by atoms with Crippen LogP contribution in [-0.4, -0.2) is 57.6 Å². The van der Waals surface area contributed by atoms with E-state index in [0.717, 1.165) is 54.4 Å². The number of fused-ring (bicyclic) bond motifs is 1. The SMILES string of the molecule is CCCNCC(CCC(OCc1ccccc1)C(OCc1ccccc1)N(CCc1ccc(NS(C)(=O)=O)cc1)C(=O)OCc1ccccc1)c1cccc2ccccc12. The van der Waals surface area contributed by atoms with Gasteiger partial charge in [-0.25, -0.2) is 13.2 Å². The Labute approximate surface area is 355 Å². The van der Waals surface area contributed by atoms with Crippen LogP contribution in [-0.2, 0) is 50.5 Å². The van der Waals surface area contributed by atoms with Crippen LogP contribution in [0.3, 0.4) is 0 Å². The van der Waals surface area contributed by atoms with Crippen LogP contribution in [0.4, 0.5) is 10.5 Å². The van der Waals surface area contributed by atoms with Gasteiger partial charge in [0.25, 0.3) is 0 Å². The average Bonchev–Trinajstić information content (AvgIpc) is 3.27. The molecule has 0 aliphatic carbocycles. The summed E-state index contributed by atoms with van der Waals surface area (Å²) >= 11 is 0. The Morgan fingerprint density at radius 3 is 1.87 bits per heavy atom. The summed E-state index contributed by atoms with van der Waals surface area (Å²) in [6, 6.07) is 51.8. The zero-order chi connectivity index (χ0) is 42.0. The summed E-state index contributed by atoms with van der Waals surface area (Å²) in [7, 11) is -3.43. The molecule has 0 saturated heterocycles. The second-order valence-corrected chi connectivity index (χ2v) is 16.9. The van der Waals surface area contributed by atoms with Gasteiger partial charge in [-0.2, -0.15) is 0 Å². The number of carbonyl (C=O) groups excluding carboxylic acids is 1. The highest BCUT2D eigenvalue weighted by atomic mass is 32.2. The number of nitrogens with one attached hydrogen (secondary N) is 2. The maximum atomic E-state index is 14.5. The summed E-state index contributed by atoms with van der Waals surface area (Å²) in [5.41, 5.74) is 5.50. The van der Waals surface area contributed by atoms with Crippen molar-refractivity contribution in [2.45, 2.75) is 70.7 Å². The highest BCUT2D eigenvalue weighted by Gasteiger charge is 2.35. The lowest BCUT2D eigenvalue weighted by Crippen LogP contribution is -2.50. The van der Waals surface area contributed by atoms with Gasteiger partial charge in [-0.15, -0.1) is 0 Å². The Morgan fingerprint density at radius 1 is 0.650 bits per heavy atom. The zero-order valence-electron chi connectivity index (χ0n) is 34.6. The Bertz CT molecular complexity index is 2290. The first-order chi connectivity index (χ1) is 29.3. The molecule has 6 aromatic rings. The van der Waals surface area contributed by atoms with E-state index in [9.17, 15) is 13.2 Å². The number of sulfonamides is 1. The van der Waals surface area contributed by atoms with Crippen molar-refractivity contribution in [2.24, 2.45) is 0 Å². The molecule has 0 bridgehead atoms. The van der Waals surface area contributed by atoms with Crippen LogP contribution in [0.2, 0.25) is 0 Å². The smallest absolute Gasteiger partial charge is 0.412 e. The molecule has 2 N–H and O–H groups in total. The Hall–Kier alpha value is -5.52. The van der Waals surface area contributed by atoms with Crippen LogP contribution < -0.4 is 10.0 Å². The van der Waals surface area contributed by atoms with Crippen LogP contribution in [0.5, 0.6) is 0 Å². The lowest BCUT2D eigenvalue weighted by atomic mass is 9.88. The minimum atomic E-state index is -3.43. The minimum absolute atomic E-state index is 0.0925. The van der Waals surface area contributed by atoms with Gasteiger partial charge < -0.3 is 19.5 Å². The summed E-state index contributed by atoms with van der Waals surface area (Å²) in [5, 5.41) is 6.12. The number of amides is 1. The van der Waals surface area contributed by atoms with Crippen LogP contribution in [0.1, 0.15) is 59.9 Å². The monoisotopic (exact) mass is 827 g/mol. The molecule has 6 rings (SSSR count). The van der Waals surface area contributed by atoms with E-state index in [1.807, 2.05) is 103 Å². The first kappa shape index (κ1) is 44.0. The van der Waals surface area contributed by atoms with Crippen molar-refractivity contribution in [3.8, 4) is 0 Å². The standard InChI is InChI=1S/C50H57N3O6S/c1-3-33-51-35-44(47-25-15-23-43-22-13-14-24-46(43)47)28-31-48(57-36-40-16-7-4-8-17-40)49(58-37-41-18-9-5-10-19-41)53(50(54)59-38-42-20-11-6-12-21-42)34-32-39-26-29-45(30-27-39)52-60(2,55)56/h4-27,29-30,44,48-49,51-52H,3,28,31-38H2,1-2H3. The maximum absolute atomic E-state index is 14.5. The third-order valence-electron chi connectivity index (χ3n) is 10.4. The van der Waals surface area contributed by atoms with Gasteiger partial charge in [-0.3, -0.25) is 9.62 Å². The molecule has 60 heavy (non-hydrogen) atoms. The number of carbonyl (C=O) groups is 1. The first-order valence-corrected chi connectivity index (χ1v) is 22.7. The lowest BCUT2D eigenvalue weighted by molar-refractivity contribution is -0.150. The minimum Gasteiger partial charge on any atom is -0.444 e. The molecule has 0 spiro atoms. The molecule has 0 saturated carbocycles. The fourth-order valence-electron chi connectivity index (χ4n) is 7.36. The number of benzene rings is 6. The van der Waals surface area contributed by atoms with Crippen LogP contribution in [0.25, 0.3) is 10.8 Å². The molecule has 3 atom stereocenters. The van der Waals surface area contributed by atoms with Crippen LogP contribution in [0.15, 0.2) is 158 Å². The summed E-state index contributed by atoms with van der Waals surface area (Å²) in [4.78, 5) is 16.2. The van der Waals surface area contributed by atoms with E-state index in [-0.39, 0.29) is 25.7 Å². The van der Waals surface area contributed by atoms with Gasteiger partial charge >= 0.3 is 6.09 Å². The molecular weight excluding hydrogens is 771 g/mol. The van der Waals surface area contributed by atoms with E-state index >= 15 is 0 Å². The number of rotatable bonds is 23. The summed E-state index contributed by atoms with van der Waals surface area (Å²) in [5.74, 6) is 0.151. The number of nitrogens with zero attached hydrogens (tertiary/aromatic N) is 1. The fourth-order valence-corrected chi connectivity index (χ4v) is 7.92. The molecule has 0 aromatic heterocycles. The molecule has 6 aromatic carbocycles. The van der Waals surface area contributed by atoms with E-state index in [1.165, 1.54) is 16.3 Å². The molecule has 9 nitrogen and oxygen atoms in total. The first-order valence-electron chi connectivity index (χ1n) is 20.8. The number of anilines is 1. The Morgan fingerprint density at radius 2 is 1.23 bits per heavy atom. The van der Waals surface area contributed by atoms with Gasteiger partial charge in [0, 0.05) is 18.8 Å². The van der Waals surface area contributed by atoms with Crippen molar-refractivity contribution in [1.82, 2.24) is 10.2 Å². The summed E-state index contributed by atoms with van der Waals surface area (Å²) in [6.45, 7) is 4.78. The normalized spacial score (nSPS) is 13.0. The number of hydrogen-bond donors (Lipinski definition) is 2. The van der Waals surface area contributed by atoms with Crippen molar-refractivity contribution in [3.63, 3.8) is 0 Å². The Balaban J connectivity index is 1.36. The van der Waals surface area contributed by atoms with Crippen molar-refractivity contribution < 1.29 is 27.4 Å². The molecule has 1 amide bonds. The zero-order valence-corrected chi connectivity index (χ0v) is 35.4. The van der Waals surface area contributed by atoms with Gasteiger partial charge in [0.05, 0.1) is 19.5 Å². The predicted octanol–water partition coefficient (Wildman–Crippen LogP) is 10.1. The van der Waals surface area contributed by atoms with Crippen molar-refractivity contribution in [2.75, 3.05) is 30.6 Å². The average molecular weight is 828 g/mol. The van der Waals surface area contributed by atoms with E-state index in [0.29, 0.717) is 25.1 Å². The van der Waals surface area contributed by atoms with Crippen molar-refractivity contribution in [1.29, 1.82) is 0 Å². The highest BCUT2D eigenvalue weighted by Crippen LogP contribution is 2.31. The number of hydrogen-bond acceptors (Lipinski definition) is 7. The maximum Gasteiger partial charge on any atom is 0.412 e. The summed E-state index contributed by atoms with van der Waals surface area (Å²) < 4.78 is 46.2. The lowest BCUT2D eigenvalue weighted by Gasteiger charge is -2.37. The largest absolute Gasteiger partial charge is 0.444 e. The highest BCUT2D eigenvalue weighted by molar-refractivity contribution is 7.92. The second-order valence-electron chi connectivity index (χ2n) is 15.1. The molecule has 0 radical (unpaired) electrons. The fraction of sp³-hybridized carbons (Fsp3) is 0.300. The van der Waals surface area contributed by atoms with E-state index in [2.05, 4.69) is 59.4 Å². The van der Waals surface area contributed by atoms with E-state index in [4.69, 9.17) is 14.2 Å². The van der Waals surface area contributed by atoms with Crippen LogP contribution in [0, 0.1) is 0 Å². The molecule has 0 heterocycles. The van der Waals surface area contributed by atoms with Gasteiger partial charge in [0.2, 0.25) is 10.0 Å². The topological polar surface area (TPSA) is 106 Å². The molecular formula is C50H57N3O6S. The molecule has 0 aliphatic heterocycles. The molecule has 0 aliphatic rings.